The number of anilines is 1. The van der Waals surface area contributed by atoms with E-state index in [4.69, 9.17) is 10.5 Å². The Morgan fingerprint density at radius 2 is 2.06 bits per heavy atom. The lowest BCUT2D eigenvalue weighted by Gasteiger charge is -2.10. The van der Waals surface area contributed by atoms with Gasteiger partial charge in [-0.05, 0) is 18.1 Å². The van der Waals surface area contributed by atoms with Crippen molar-refractivity contribution in [2.24, 2.45) is 0 Å². The highest BCUT2D eigenvalue weighted by Crippen LogP contribution is 2.19. The van der Waals surface area contributed by atoms with Crippen molar-refractivity contribution in [2.45, 2.75) is 19.8 Å². The highest BCUT2D eigenvalue weighted by Gasteiger charge is 2.18. The molecule has 0 heterocycles. The van der Waals surface area contributed by atoms with Crippen LogP contribution in [0.1, 0.15) is 29.3 Å². The summed E-state index contributed by atoms with van der Waals surface area (Å²) in [4.78, 5) is 23.1. The zero-order valence-corrected chi connectivity index (χ0v) is 10.6. The lowest BCUT2D eigenvalue weighted by Crippen LogP contribution is -2.15. The Morgan fingerprint density at radius 1 is 1.33 bits per heavy atom. The minimum atomic E-state index is -0.506. The van der Waals surface area contributed by atoms with Gasteiger partial charge in [0.05, 0.1) is 25.7 Å². The quantitative estimate of drug-likeness (QED) is 0.634. The maximum absolute atomic E-state index is 11.9. The molecule has 5 heteroatoms. The number of ether oxygens (including phenoxy) is 2. The largest absolute Gasteiger partial charge is 0.469 e. The molecule has 1 aromatic rings. The predicted molar refractivity (Wildman–Crippen MR) is 67.1 cm³/mol. The molecule has 0 aliphatic rings. The summed E-state index contributed by atoms with van der Waals surface area (Å²) in [5.41, 5.74) is 6.82. The summed E-state index contributed by atoms with van der Waals surface area (Å²) < 4.78 is 9.62. The third-order valence-electron chi connectivity index (χ3n) is 2.39. The van der Waals surface area contributed by atoms with E-state index in [1.165, 1.54) is 7.11 Å². The smallest absolute Gasteiger partial charge is 0.340 e. The number of nitrogens with two attached hydrogens (primary N) is 1. The monoisotopic (exact) mass is 251 g/mol. The van der Waals surface area contributed by atoms with Crippen molar-refractivity contribution in [2.75, 3.05) is 19.5 Å². The molecule has 0 aliphatic heterocycles. The van der Waals surface area contributed by atoms with Gasteiger partial charge in [-0.25, -0.2) is 4.79 Å². The lowest BCUT2D eigenvalue weighted by atomic mass is 10.0. The van der Waals surface area contributed by atoms with E-state index in [-0.39, 0.29) is 12.0 Å². The second kappa shape index (κ2) is 6.64. The number of nitrogen functional groups attached to an aromatic ring is 1. The summed E-state index contributed by atoms with van der Waals surface area (Å²) in [6.07, 6.45) is 0.725. The number of methoxy groups -OCH3 is 1. The molecule has 0 bridgehead atoms. The van der Waals surface area contributed by atoms with Crippen molar-refractivity contribution >= 4 is 17.6 Å². The molecule has 0 spiro atoms. The van der Waals surface area contributed by atoms with E-state index in [0.717, 1.165) is 6.42 Å². The van der Waals surface area contributed by atoms with Crippen molar-refractivity contribution in [3.05, 3.63) is 29.3 Å². The number of benzene rings is 1. The van der Waals surface area contributed by atoms with Gasteiger partial charge < -0.3 is 15.2 Å². The van der Waals surface area contributed by atoms with Crippen LogP contribution in [-0.2, 0) is 20.7 Å². The molecule has 0 aliphatic carbocycles. The van der Waals surface area contributed by atoms with Crippen molar-refractivity contribution < 1.29 is 19.1 Å². The van der Waals surface area contributed by atoms with Gasteiger partial charge in [0.2, 0.25) is 0 Å². The SMILES string of the molecule is CCCOC(=O)c1c(N)cccc1CC(=O)OC. The van der Waals surface area contributed by atoms with E-state index in [0.29, 0.717) is 17.9 Å². The molecule has 0 aromatic heterocycles. The van der Waals surface area contributed by atoms with Crippen LogP contribution >= 0.6 is 0 Å². The van der Waals surface area contributed by atoms with Crippen molar-refractivity contribution in [3.63, 3.8) is 0 Å². The number of hydrogen-bond donors (Lipinski definition) is 1. The topological polar surface area (TPSA) is 78.6 Å². The highest BCUT2D eigenvalue weighted by atomic mass is 16.5. The first kappa shape index (κ1) is 14.0. The van der Waals surface area contributed by atoms with E-state index in [1.54, 1.807) is 18.2 Å². The third kappa shape index (κ3) is 3.48. The Kier molecular flexibility index (Phi) is 5.17. The molecule has 98 valence electrons. The Hall–Kier alpha value is -2.04. The third-order valence-corrected chi connectivity index (χ3v) is 2.39. The predicted octanol–water partition coefficient (Wildman–Crippen LogP) is 1.55. The fourth-order valence-electron chi connectivity index (χ4n) is 1.51. The normalized spacial score (nSPS) is 9.89. The molecule has 0 saturated heterocycles. The lowest BCUT2D eigenvalue weighted by molar-refractivity contribution is -0.139. The summed E-state index contributed by atoms with van der Waals surface area (Å²) in [6.45, 7) is 2.22. The maximum atomic E-state index is 11.9. The van der Waals surface area contributed by atoms with Crippen molar-refractivity contribution in [1.82, 2.24) is 0 Å². The van der Waals surface area contributed by atoms with Gasteiger partial charge in [-0.2, -0.15) is 0 Å². The highest BCUT2D eigenvalue weighted by molar-refractivity contribution is 5.97. The fourth-order valence-corrected chi connectivity index (χ4v) is 1.51. The Labute approximate surface area is 106 Å². The second-order valence-electron chi connectivity index (χ2n) is 3.77. The van der Waals surface area contributed by atoms with Gasteiger partial charge in [-0.1, -0.05) is 19.1 Å². The molecule has 18 heavy (non-hydrogen) atoms. The first-order valence-electron chi connectivity index (χ1n) is 5.71. The van der Waals surface area contributed by atoms with Crippen LogP contribution in [0.3, 0.4) is 0 Å². The minimum Gasteiger partial charge on any atom is -0.469 e. The van der Waals surface area contributed by atoms with Crippen LogP contribution in [0.25, 0.3) is 0 Å². The van der Waals surface area contributed by atoms with Crippen molar-refractivity contribution in [1.29, 1.82) is 0 Å². The Balaban J connectivity index is 3.00. The molecule has 0 radical (unpaired) electrons. The van der Waals surface area contributed by atoms with Crippen LogP contribution in [0.15, 0.2) is 18.2 Å². The van der Waals surface area contributed by atoms with Crippen LogP contribution in [0.4, 0.5) is 5.69 Å². The minimum absolute atomic E-state index is 0.00189. The number of esters is 2. The first-order chi connectivity index (χ1) is 8.60. The molecule has 5 nitrogen and oxygen atoms in total. The number of rotatable bonds is 5. The Bertz CT molecular complexity index is 443. The molecule has 1 aromatic carbocycles. The van der Waals surface area contributed by atoms with Crippen LogP contribution < -0.4 is 5.73 Å². The molecule has 1 rings (SSSR count). The van der Waals surface area contributed by atoms with Gasteiger partial charge in [0, 0.05) is 5.69 Å². The summed E-state index contributed by atoms with van der Waals surface area (Å²) in [5, 5.41) is 0. The van der Waals surface area contributed by atoms with Crippen LogP contribution in [0, 0.1) is 0 Å². The Morgan fingerprint density at radius 3 is 2.67 bits per heavy atom. The number of carbonyl (C=O) groups excluding carboxylic acids is 2. The van der Waals surface area contributed by atoms with E-state index in [1.807, 2.05) is 6.92 Å². The molecule has 2 N–H and O–H groups in total. The van der Waals surface area contributed by atoms with E-state index in [9.17, 15) is 9.59 Å². The van der Waals surface area contributed by atoms with E-state index < -0.39 is 11.9 Å². The zero-order chi connectivity index (χ0) is 13.5. The standard InChI is InChI=1S/C13H17NO4/c1-3-7-18-13(16)12-9(8-11(15)17-2)5-4-6-10(12)14/h4-6H,3,7-8,14H2,1-2H3. The van der Waals surface area contributed by atoms with Crippen molar-refractivity contribution in [3.8, 4) is 0 Å². The summed E-state index contributed by atoms with van der Waals surface area (Å²) in [5.74, 6) is -0.931. The van der Waals surface area contributed by atoms with Gasteiger partial charge in [0.15, 0.2) is 0 Å². The molecular formula is C13H17NO4. The van der Waals surface area contributed by atoms with E-state index >= 15 is 0 Å². The zero-order valence-electron chi connectivity index (χ0n) is 10.6. The fraction of sp³-hybridized carbons (Fsp3) is 0.385. The second-order valence-corrected chi connectivity index (χ2v) is 3.77. The number of hydrogen-bond acceptors (Lipinski definition) is 5. The average Bonchev–Trinajstić information content (AvgIpc) is 2.36. The average molecular weight is 251 g/mol. The van der Waals surface area contributed by atoms with Crippen LogP contribution in [0.2, 0.25) is 0 Å². The first-order valence-corrected chi connectivity index (χ1v) is 5.71. The van der Waals surface area contributed by atoms with Gasteiger partial charge in [-0.15, -0.1) is 0 Å². The molecule has 0 unspecified atom stereocenters. The number of carbonyl (C=O) groups is 2. The maximum Gasteiger partial charge on any atom is 0.340 e. The van der Waals surface area contributed by atoms with Gasteiger partial charge >= 0.3 is 11.9 Å². The van der Waals surface area contributed by atoms with Gasteiger partial charge in [-0.3, -0.25) is 4.79 Å². The molecule has 0 fully saturated rings. The van der Waals surface area contributed by atoms with Gasteiger partial charge in [0.25, 0.3) is 0 Å². The van der Waals surface area contributed by atoms with Crippen LogP contribution in [0.5, 0.6) is 0 Å². The summed E-state index contributed by atoms with van der Waals surface area (Å²) in [7, 11) is 1.30. The molecule has 0 saturated carbocycles. The molecule has 0 atom stereocenters. The van der Waals surface area contributed by atoms with Gasteiger partial charge in [0.1, 0.15) is 0 Å². The van der Waals surface area contributed by atoms with E-state index in [2.05, 4.69) is 4.74 Å². The molecule has 0 amide bonds. The van der Waals surface area contributed by atoms with Crippen LogP contribution in [-0.4, -0.2) is 25.7 Å². The molecular weight excluding hydrogens is 234 g/mol. The summed E-state index contributed by atoms with van der Waals surface area (Å²) in [6, 6.07) is 4.95. The summed E-state index contributed by atoms with van der Waals surface area (Å²) >= 11 is 0.